The molecule has 0 radical (unpaired) electrons. The lowest BCUT2D eigenvalue weighted by molar-refractivity contribution is 0.247. The van der Waals surface area contributed by atoms with Crippen molar-refractivity contribution in [2.75, 3.05) is 20.2 Å². The molecule has 0 aromatic rings. The summed E-state index contributed by atoms with van der Waals surface area (Å²) in [5.74, 6) is 2.06. The summed E-state index contributed by atoms with van der Waals surface area (Å²) in [6, 6.07) is 0. The van der Waals surface area contributed by atoms with Gasteiger partial charge in [-0.25, -0.2) is 4.67 Å². The van der Waals surface area contributed by atoms with E-state index in [1.165, 1.54) is 4.67 Å². The van der Waals surface area contributed by atoms with Crippen LogP contribution in [0.5, 0.6) is 0 Å². The molecule has 4 nitrogen and oxygen atoms in total. The molecule has 0 aliphatic heterocycles. The third-order valence-corrected chi connectivity index (χ3v) is 3.56. The molecule has 0 heterocycles. The van der Waals surface area contributed by atoms with Crippen molar-refractivity contribution in [2.45, 2.75) is 27.2 Å². The summed E-state index contributed by atoms with van der Waals surface area (Å²) in [7, 11) is -1.56. The normalized spacial score (nSPS) is 15.5. The van der Waals surface area contributed by atoms with Crippen LogP contribution in [0.4, 0.5) is 0 Å². The topological polar surface area (TPSA) is 53.3 Å². The minimum Gasteiger partial charge on any atom is -0.307 e. The van der Waals surface area contributed by atoms with Crippen LogP contribution < -0.4 is 0 Å². The van der Waals surface area contributed by atoms with E-state index in [0.717, 1.165) is 6.42 Å². The van der Waals surface area contributed by atoms with Gasteiger partial charge in [-0.05, 0) is 19.4 Å². The molecule has 14 heavy (non-hydrogen) atoms. The molecule has 0 fully saturated rings. The quantitative estimate of drug-likeness (QED) is 0.643. The third-order valence-electron chi connectivity index (χ3n) is 1.71. The Kier molecular flexibility index (Phi) is 6.03. The SMILES string of the molecule is CCCN(C)P(=O)(C#N)OCC(C)C. The van der Waals surface area contributed by atoms with Crippen LogP contribution in [0.15, 0.2) is 0 Å². The van der Waals surface area contributed by atoms with Gasteiger partial charge >= 0.3 is 7.52 Å². The number of nitriles is 1. The van der Waals surface area contributed by atoms with Crippen molar-refractivity contribution in [1.82, 2.24) is 4.67 Å². The predicted molar refractivity (Wildman–Crippen MR) is 56.9 cm³/mol. The van der Waals surface area contributed by atoms with Crippen LogP contribution in [-0.4, -0.2) is 24.9 Å². The molecule has 1 atom stereocenters. The number of nitrogens with zero attached hydrogens (tertiary/aromatic N) is 2. The van der Waals surface area contributed by atoms with Gasteiger partial charge in [0.15, 0.2) is 5.81 Å². The lowest BCUT2D eigenvalue weighted by atomic mass is 10.2. The summed E-state index contributed by atoms with van der Waals surface area (Å²) in [5, 5.41) is 8.82. The highest BCUT2D eigenvalue weighted by atomic mass is 31.2. The Bertz CT molecular complexity index is 248. The standard InChI is InChI=1S/C9H19N2O2P/c1-5-6-11(4)14(12,8-10)13-7-9(2)3/h9H,5-7H2,1-4H3. The van der Waals surface area contributed by atoms with Crippen LogP contribution in [0.3, 0.4) is 0 Å². The van der Waals surface area contributed by atoms with Crippen LogP contribution in [0.1, 0.15) is 27.2 Å². The second-order valence-electron chi connectivity index (χ2n) is 3.69. The largest absolute Gasteiger partial charge is 0.370 e. The predicted octanol–water partition coefficient (Wildman–Crippen LogP) is 2.67. The average molecular weight is 218 g/mol. The minimum atomic E-state index is -3.22. The van der Waals surface area contributed by atoms with Gasteiger partial charge in [0.25, 0.3) is 0 Å². The van der Waals surface area contributed by atoms with E-state index in [1.54, 1.807) is 12.9 Å². The Hall–Kier alpha value is -0.360. The van der Waals surface area contributed by atoms with Gasteiger partial charge in [0.1, 0.15) is 0 Å². The van der Waals surface area contributed by atoms with Gasteiger partial charge in [-0.1, -0.05) is 20.8 Å². The molecular weight excluding hydrogens is 199 g/mol. The van der Waals surface area contributed by atoms with Crippen molar-refractivity contribution in [2.24, 2.45) is 5.92 Å². The van der Waals surface area contributed by atoms with E-state index in [-0.39, 0.29) is 5.92 Å². The van der Waals surface area contributed by atoms with Gasteiger partial charge in [0.2, 0.25) is 0 Å². The zero-order valence-corrected chi connectivity index (χ0v) is 10.3. The van der Waals surface area contributed by atoms with Crippen molar-refractivity contribution < 1.29 is 9.09 Å². The molecule has 0 aromatic heterocycles. The number of rotatable bonds is 6. The van der Waals surface area contributed by atoms with Gasteiger partial charge in [-0.2, -0.15) is 5.26 Å². The Morgan fingerprint density at radius 1 is 1.57 bits per heavy atom. The van der Waals surface area contributed by atoms with E-state index in [0.29, 0.717) is 13.2 Å². The lowest BCUT2D eigenvalue weighted by Crippen LogP contribution is -2.17. The van der Waals surface area contributed by atoms with Crippen molar-refractivity contribution in [1.29, 1.82) is 5.26 Å². The first-order valence-electron chi connectivity index (χ1n) is 4.83. The molecule has 0 aromatic carbocycles. The highest BCUT2D eigenvalue weighted by Gasteiger charge is 2.28. The zero-order chi connectivity index (χ0) is 11.2. The first kappa shape index (κ1) is 13.6. The molecule has 5 heteroatoms. The Balaban J connectivity index is 4.34. The van der Waals surface area contributed by atoms with Crippen LogP contribution in [-0.2, 0) is 9.09 Å². The molecule has 0 rings (SSSR count). The number of hydrogen-bond acceptors (Lipinski definition) is 3. The molecule has 0 bridgehead atoms. The summed E-state index contributed by atoms with van der Waals surface area (Å²) < 4.78 is 18.6. The summed E-state index contributed by atoms with van der Waals surface area (Å²) in [5.41, 5.74) is 0. The van der Waals surface area contributed by atoms with Crippen molar-refractivity contribution >= 4 is 7.52 Å². The van der Waals surface area contributed by atoms with Crippen molar-refractivity contribution in [3.05, 3.63) is 0 Å². The van der Waals surface area contributed by atoms with E-state index in [9.17, 15) is 4.57 Å². The average Bonchev–Trinajstić information content (AvgIpc) is 2.14. The zero-order valence-electron chi connectivity index (χ0n) is 9.36. The third kappa shape index (κ3) is 4.23. The molecule has 0 aliphatic carbocycles. The molecule has 82 valence electrons. The van der Waals surface area contributed by atoms with Crippen molar-refractivity contribution in [3.8, 4) is 5.81 Å². The molecule has 1 unspecified atom stereocenters. The monoisotopic (exact) mass is 218 g/mol. The second-order valence-corrected chi connectivity index (χ2v) is 5.87. The van der Waals surface area contributed by atoms with E-state index in [2.05, 4.69) is 0 Å². The maximum Gasteiger partial charge on any atom is 0.370 e. The van der Waals surface area contributed by atoms with E-state index < -0.39 is 7.52 Å². The van der Waals surface area contributed by atoms with Gasteiger partial charge in [-0.15, -0.1) is 0 Å². The summed E-state index contributed by atoms with van der Waals surface area (Å²) in [4.78, 5) is 0. The van der Waals surface area contributed by atoms with Crippen LogP contribution in [0, 0.1) is 17.0 Å². The Morgan fingerprint density at radius 3 is 2.50 bits per heavy atom. The van der Waals surface area contributed by atoms with Crippen LogP contribution in [0.2, 0.25) is 0 Å². The smallest absolute Gasteiger partial charge is 0.307 e. The number of hydrogen-bond donors (Lipinski definition) is 0. The van der Waals surface area contributed by atoms with Gasteiger partial charge in [0.05, 0.1) is 6.61 Å². The maximum atomic E-state index is 11.9. The van der Waals surface area contributed by atoms with Gasteiger partial charge in [0, 0.05) is 6.54 Å². The minimum absolute atomic E-state index is 0.284. The van der Waals surface area contributed by atoms with Gasteiger partial charge < -0.3 is 4.52 Å². The summed E-state index contributed by atoms with van der Waals surface area (Å²) in [6.45, 7) is 6.87. The van der Waals surface area contributed by atoms with E-state index in [1.807, 2.05) is 20.8 Å². The summed E-state index contributed by atoms with van der Waals surface area (Å²) >= 11 is 0. The highest BCUT2D eigenvalue weighted by Crippen LogP contribution is 2.48. The van der Waals surface area contributed by atoms with Crippen molar-refractivity contribution in [3.63, 3.8) is 0 Å². The fraction of sp³-hybridized carbons (Fsp3) is 0.889. The van der Waals surface area contributed by atoms with Crippen LogP contribution in [0.25, 0.3) is 0 Å². The molecule has 0 aliphatic rings. The fourth-order valence-electron chi connectivity index (χ4n) is 0.909. The molecule has 0 N–H and O–H groups in total. The molecular formula is C9H19N2O2P. The maximum absolute atomic E-state index is 11.9. The second kappa shape index (κ2) is 6.19. The van der Waals surface area contributed by atoms with E-state index in [4.69, 9.17) is 9.79 Å². The highest BCUT2D eigenvalue weighted by molar-refractivity contribution is 7.61. The van der Waals surface area contributed by atoms with Crippen LogP contribution >= 0.6 is 7.52 Å². The summed E-state index contributed by atoms with van der Waals surface area (Å²) in [6.07, 6.45) is 0.854. The molecule has 0 saturated heterocycles. The molecule has 0 amide bonds. The van der Waals surface area contributed by atoms with E-state index >= 15 is 0 Å². The lowest BCUT2D eigenvalue weighted by Gasteiger charge is -2.22. The fourth-order valence-corrected chi connectivity index (χ4v) is 2.28. The Morgan fingerprint density at radius 2 is 2.14 bits per heavy atom. The first-order chi connectivity index (χ1) is 6.46. The molecule has 0 saturated carbocycles. The molecule has 0 spiro atoms. The first-order valence-corrected chi connectivity index (χ1v) is 6.41. The van der Waals surface area contributed by atoms with Gasteiger partial charge in [-0.3, -0.25) is 4.57 Å². The Labute approximate surface area is 86.4 Å².